The Morgan fingerprint density at radius 2 is 1.53 bits per heavy atom. The van der Waals surface area contributed by atoms with Gasteiger partial charge in [0.15, 0.2) is 5.79 Å². The number of rotatable bonds is 7. The van der Waals surface area contributed by atoms with E-state index in [9.17, 15) is 0 Å². The number of ether oxygens (including phenoxy) is 2. The first-order valence-corrected chi connectivity index (χ1v) is 14.0. The number of benzene rings is 2. The van der Waals surface area contributed by atoms with Gasteiger partial charge in [-0.25, -0.2) is 0 Å². The van der Waals surface area contributed by atoms with E-state index >= 15 is 0 Å². The maximum Gasteiger partial charge on any atom is 0.261 e. The first kappa shape index (κ1) is 23.4. The summed E-state index contributed by atoms with van der Waals surface area (Å²) in [6.07, 6.45) is 8.30. The monoisotopic (exact) mass is 450 g/mol. The quantitative estimate of drug-likeness (QED) is 0.407. The van der Waals surface area contributed by atoms with Crippen LogP contribution in [0.3, 0.4) is 0 Å². The molecule has 4 rings (SSSR count). The van der Waals surface area contributed by atoms with Crippen molar-refractivity contribution in [2.75, 3.05) is 6.61 Å². The van der Waals surface area contributed by atoms with Gasteiger partial charge < -0.3 is 13.9 Å². The zero-order chi connectivity index (χ0) is 22.7. The van der Waals surface area contributed by atoms with E-state index in [2.05, 4.69) is 88.0 Å². The van der Waals surface area contributed by atoms with Crippen molar-refractivity contribution in [2.24, 2.45) is 0 Å². The van der Waals surface area contributed by atoms with Crippen molar-refractivity contribution in [3.05, 3.63) is 73.3 Å². The Balaban J connectivity index is 1.59. The molecule has 2 aromatic carbocycles. The van der Waals surface area contributed by atoms with Crippen LogP contribution >= 0.6 is 0 Å². The maximum atomic E-state index is 7.13. The maximum absolute atomic E-state index is 7.13. The first-order valence-electron chi connectivity index (χ1n) is 12.1. The molecule has 4 heteroatoms. The highest BCUT2D eigenvalue weighted by atomic mass is 28.4. The molecule has 32 heavy (non-hydrogen) atoms. The summed E-state index contributed by atoms with van der Waals surface area (Å²) in [5.74, 6) is -0.425. The fraction of sp³-hybridized carbons (Fsp3) is 0.500. The van der Waals surface area contributed by atoms with Gasteiger partial charge in [0.1, 0.15) is 0 Å². The lowest BCUT2D eigenvalue weighted by Gasteiger charge is -2.45. The lowest BCUT2D eigenvalue weighted by atomic mass is 9.99. The average Bonchev–Trinajstić information content (AvgIpc) is 3.16. The third kappa shape index (κ3) is 4.65. The predicted octanol–water partition coefficient (Wildman–Crippen LogP) is 5.58. The summed E-state index contributed by atoms with van der Waals surface area (Å²) in [7, 11) is -2.54. The van der Waals surface area contributed by atoms with Crippen LogP contribution in [0.2, 0.25) is 5.04 Å². The SMILES string of the molecule is C=CC[C@@H]1CC[C@]2(CCC[C@@H](CO[Si](c3ccccc3)(c3ccccc3)C(C)(C)C)O2)O1. The molecule has 0 amide bonds. The second-order valence-electron chi connectivity index (χ2n) is 10.3. The third-order valence-electron chi connectivity index (χ3n) is 7.03. The highest BCUT2D eigenvalue weighted by Crippen LogP contribution is 2.42. The van der Waals surface area contributed by atoms with Crippen LogP contribution in [-0.4, -0.2) is 32.9 Å². The predicted molar refractivity (Wildman–Crippen MR) is 134 cm³/mol. The Kier molecular flexibility index (Phi) is 7.06. The molecule has 2 aromatic rings. The minimum Gasteiger partial charge on any atom is -0.405 e. The molecule has 0 aromatic heterocycles. The van der Waals surface area contributed by atoms with E-state index in [1.54, 1.807) is 0 Å². The van der Waals surface area contributed by atoms with E-state index in [0.717, 1.165) is 38.5 Å². The van der Waals surface area contributed by atoms with Crippen LogP contribution in [-0.2, 0) is 13.9 Å². The standard InChI is InChI=1S/C28H38O3Si/c1-5-13-23-19-21-28(30-23)20-12-14-24(31-28)22-29-32(27(2,3)4,25-15-8-6-9-16-25)26-17-10-7-11-18-26/h5-11,15-18,23-24H,1,12-14,19-22H2,2-4H3/t23-,24+,28-/m1/s1. The minimum absolute atomic E-state index is 0.0268. The molecule has 0 N–H and O–H groups in total. The van der Waals surface area contributed by atoms with E-state index in [-0.39, 0.29) is 17.2 Å². The van der Waals surface area contributed by atoms with Gasteiger partial charge in [-0.2, -0.15) is 0 Å². The fourth-order valence-corrected chi connectivity index (χ4v) is 10.1. The highest BCUT2D eigenvalue weighted by molar-refractivity contribution is 6.99. The zero-order valence-electron chi connectivity index (χ0n) is 19.9. The van der Waals surface area contributed by atoms with Crippen LogP contribution in [0.15, 0.2) is 73.3 Å². The average molecular weight is 451 g/mol. The van der Waals surface area contributed by atoms with Crippen LogP contribution in [0, 0.1) is 0 Å². The fourth-order valence-electron chi connectivity index (χ4n) is 5.54. The molecule has 2 aliphatic heterocycles. The van der Waals surface area contributed by atoms with Gasteiger partial charge in [-0.05, 0) is 41.1 Å². The molecule has 0 unspecified atom stereocenters. The molecule has 172 valence electrons. The van der Waals surface area contributed by atoms with Gasteiger partial charge in [0, 0.05) is 12.8 Å². The molecule has 2 saturated heterocycles. The van der Waals surface area contributed by atoms with Gasteiger partial charge in [0.2, 0.25) is 0 Å². The van der Waals surface area contributed by atoms with Gasteiger partial charge in [0.05, 0.1) is 18.8 Å². The topological polar surface area (TPSA) is 27.7 Å². The first-order chi connectivity index (χ1) is 15.4. The van der Waals surface area contributed by atoms with Crippen molar-refractivity contribution in [3.8, 4) is 0 Å². The van der Waals surface area contributed by atoms with Crippen LogP contribution in [0.25, 0.3) is 0 Å². The van der Waals surface area contributed by atoms with Crippen LogP contribution in [0.5, 0.6) is 0 Å². The zero-order valence-corrected chi connectivity index (χ0v) is 20.9. The summed E-state index contributed by atoms with van der Waals surface area (Å²) in [4.78, 5) is 0. The van der Waals surface area contributed by atoms with Crippen molar-refractivity contribution in [1.29, 1.82) is 0 Å². The summed E-state index contributed by atoms with van der Waals surface area (Å²) in [6.45, 7) is 11.4. The Hall–Kier alpha value is -1.72. The van der Waals surface area contributed by atoms with Gasteiger partial charge >= 0.3 is 0 Å². The van der Waals surface area contributed by atoms with Gasteiger partial charge in [-0.3, -0.25) is 0 Å². The van der Waals surface area contributed by atoms with E-state index < -0.39 is 14.1 Å². The second kappa shape index (κ2) is 9.64. The van der Waals surface area contributed by atoms with Gasteiger partial charge in [-0.15, -0.1) is 6.58 Å². The summed E-state index contributed by atoms with van der Waals surface area (Å²) >= 11 is 0. The molecule has 0 aliphatic carbocycles. The Morgan fingerprint density at radius 1 is 0.938 bits per heavy atom. The largest absolute Gasteiger partial charge is 0.405 e. The number of hydrogen-bond acceptors (Lipinski definition) is 3. The van der Waals surface area contributed by atoms with Crippen LogP contribution in [0.1, 0.15) is 59.3 Å². The smallest absolute Gasteiger partial charge is 0.261 e. The van der Waals surface area contributed by atoms with Gasteiger partial charge in [-0.1, -0.05) is 87.5 Å². The van der Waals surface area contributed by atoms with E-state index in [0.29, 0.717) is 6.61 Å². The van der Waals surface area contributed by atoms with Crippen molar-refractivity contribution in [1.82, 2.24) is 0 Å². The van der Waals surface area contributed by atoms with Crippen LogP contribution in [0.4, 0.5) is 0 Å². The van der Waals surface area contributed by atoms with Gasteiger partial charge in [0.25, 0.3) is 8.32 Å². The van der Waals surface area contributed by atoms with Crippen molar-refractivity contribution in [3.63, 3.8) is 0 Å². The molecule has 0 bridgehead atoms. The Morgan fingerprint density at radius 3 is 2.09 bits per heavy atom. The minimum atomic E-state index is -2.54. The summed E-state index contributed by atoms with van der Waals surface area (Å²) in [5.41, 5.74) is 0. The van der Waals surface area contributed by atoms with Crippen LogP contribution < -0.4 is 10.4 Å². The Labute approximate surface area is 194 Å². The molecule has 3 nitrogen and oxygen atoms in total. The summed E-state index contributed by atoms with van der Waals surface area (Å²) in [5, 5.41) is 2.60. The molecule has 0 radical (unpaired) electrons. The molecule has 1 spiro atoms. The second-order valence-corrected chi connectivity index (χ2v) is 14.6. The van der Waals surface area contributed by atoms with Crippen molar-refractivity contribution in [2.45, 2.75) is 82.3 Å². The lowest BCUT2D eigenvalue weighted by Crippen LogP contribution is -2.67. The number of hydrogen-bond donors (Lipinski definition) is 0. The molecular weight excluding hydrogens is 412 g/mol. The highest BCUT2D eigenvalue weighted by Gasteiger charge is 2.51. The normalized spacial score (nSPS) is 26.3. The lowest BCUT2D eigenvalue weighted by molar-refractivity contribution is -0.273. The molecular formula is C28H38O3Si. The van der Waals surface area contributed by atoms with E-state index in [1.807, 2.05) is 6.08 Å². The molecule has 2 heterocycles. The molecule has 2 fully saturated rings. The molecule has 3 atom stereocenters. The molecule has 2 aliphatic rings. The van der Waals surface area contributed by atoms with Crippen molar-refractivity contribution < 1.29 is 13.9 Å². The summed E-state index contributed by atoms with van der Waals surface area (Å²) < 4.78 is 20.1. The summed E-state index contributed by atoms with van der Waals surface area (Å²) in [6, 6.07) is 21.7. The third-order valence-corrected chi connectivity index (χ3v) is 12.0. The molecule has 0 saturated carbocycles. The van der Waals surface area contributed by atoms with E-state index in [1.165, 1.54) is 10.4 Å². The Bertz CT molecular complexity index is 837. The van der Waals surface area contributed by atoms with Crippen molar-refractivity contribution >= 4 is 18.7 Å². The van der Waals surface area contributed by atoms with E-state index in [4.69, 9.17) is 13.9 Å².